The Morgan fingerprint density at radius 3 is 1.50 bits per heavy atom. The highest BCUT2D eigenvalue weighted by Crippen LogP contribution is 2.11. The van der Waals surface area contributed by atoms with Gasteiger partial charge in [0.05, 0.1) is 0 Å². The summed E-state index contributed by atoms with van der Waals surface area (Å²) in [7, 11) is 0. The second-order valence-corrected chi connectivity index (χ2v) is 6.92. The zero-order valence-electron chi connectivity index (χ0n) is 17.2. The summed E-state index contributed by atoms with van der Waals surface area (Å²) in [5.41, 5.74) is 0. The number of carboxylic acid groups (broad SMARTS) is 2. The Balaban J connectivity index is 0. The third-order valence-corrected chi connectivity index (χ3v) is 4.23. The molecular formula is C22H42O4. The number of hydrogen-bond donors (Lipinski definition) is 2. The number of carbonyl (C=O) groups is 2. The minimum Gasteiger partial charge on any atom is -0.481 e. The van der Waals surface area contributed by atoms with Gasteiger partial charge in [-0.3, -0.25) is 4.79 Å². The summed E-state index contributed by atoms with van der Waals surface area (Å²) in [6.07, 6.45) is 21.9. The monoisotopic (exact) mass is 370 g/mol. The fourth-order valence-electron chi connectivity index (χ4n) is 2.64. The summed E-state index contributed by atoms with van der Waals surface area (Å²) in [6.45, 7) is 4.31. The molecule has 26 heavy (non-hydrogen) atoms. The van der Waals surface area contributed by atoms with E-state index in [1.54, 1.807) is 6.08 Å². The van der Waals surface area contributed by atoms with Crippen molar-refractivity contribution in [3.8, 4) is 0 Å². The van der Waals surface area contributed by atoms with E-state index in [-0.39, 0.29) is 0 Å². The topological polar surface area (TPSA) is 74.6 Å². The van der Waals surface area contributed by atoms with Gasteiger partial charge in [0.2, 0.25) is 0 Å². The fraction of sp³-hybridized carbons (Fsp3) is 0.818. The second-order valence-electron chi connectivity index (χ2n) is 6.92. The van der Waals surface area contributed by atoms with Crippen molar-refractivity contribution in [1.29, 1.82) is 0 Å². The molecule has 0 rings (SSSR count). The van der Waals surface area contributed by atoms with Crippen molar-refractivity contribution in [1.82, 2.24) is 0 Å². The molecule has 0 aliphatic rings. The molecule has 0 saturated heterocycles. The average Bonchev–Trinajstić information content (AvgIpc) is 2.59. The Labute approximate surface area is 161 Å². The van der Waals surface area contributed by atoms with E-state index in [0.717, 1.165) is 32.1 Å². The Kier molecular flexibility index (Phi) is 24.5. The van der Waals surface area contributed by atoms with E-state index in [1.807, 2.05) is 0 Å². The molecule has 0 heterocycles. The van der Waals surface area contributed by atoms with Crippen molar-refractivity contribution in [3.05, 3.63) is 12.2 Å². The standard InChI is InChI=1S/C16H30O2.C6H12O2/c1-2-3-4-5-6-7-8-9-10-11-12-13-14-15-16(17)18;1-2-3-4-5-6(7)8/h14-15H,2-13H2,1H3,(H,17,18);2-5H2,1H3,(H,7,8)/b15-14+;. The maximum Gasteiger partial charge on any atom is 0.327 e. The van der Waals surface area contributed by atoms with Gasteiger partial charge in [-0.15, -0.1) is 0 Å². The normalized spacial score (nSPS) is 10.5. The molecular weight excluding hydrogens is 328 g/mol. The van der Waals surface area contributed by atoms with E-state index in [9.17, 15) is 9.59 Å². The molecule has 0 radical (unpaired) electrons. The molecule has 4 heteroatoms. The predicted molar refractivity (Wildman–Crippen MR) is 110 cm³/mol. The SMILES string of the molecule is CCCCCC(=O)O.CCCCCCCCCCCCC/C=C/C(=O)O. The smallest absolute Gasteiger partial charge is 0.327 e. The number of aliphatic carboxylic acids is 2. The molecule has 0 atom stereocenters. The lowest BCUT2D eigenvalue weighted by molar-refractivity contribution is -0.137. The van der Waals surface area contributed by atoms with Gasteiger partial charge in [0, 0.05) is 12.5 Å². The summed E-state index contributed by atoms with van der Waals surface area (Å²) in [5, 5.41) is 16.5. The first-order valence-corrected chi connectivity index (χ1v) is 10.7. The van der Waals surface area contributed by atoms with E-state index in [4.69, 9.17) is 10.2 Å². The molecule has 0 aromatic heterocycles. The molecule has 0 bridgehead atoms. The van der Waals surface area contributed by atoms with Gasteiger partial charge in [0.25, 0.3) is 0 Å². The van der Waals surface area contributed by atoms with Crippen LogP contribution in [0.3, 0.4) is 0 Å². The van der Waals surface area contributed by atoms with Gasteiger partial charge >= 0.3 is 11.9 Å². The van der Waals surface area contributed by atoms with Crippen LogP contribution in [-0.2, 0) is 9.59 Å². The van der Waals surface area contributed by atoms with E-state index in [1.165, 1.54) is 70.3 Å². The summed E-state index contributed by atoms with van der Waals surface area (Å²) in [4.78, 5) is 20.1. The molecule has 0 aromatic rings. The van der Waals surface area contributed by atoms with E-state index in [0.29, 0.717) is 6.42 Å². The van der Waals surface area contributed by atoms with Crippen molar-refractivity contribution in [3.63, 3.8) is 0 Å². The van der Waals surface area contributed by atoms with Crippen LogP contribution in [0, 0.1) is 0 Å². The summed E-state index contributed by atoms with van der Waals surface area (Å²) in [6, 6.07) is 0. The molecule has 0 aliphatic heterocycles. The first-order chi connectivity index (χ1) is 12.5. The van der Waals surface area contributed by atoms with Crippen LogP contribution in [0.4, 0.5) is 0 Å². The van der Waals surface area contributed by atoms with Crippen LogP contribution in [0.1, 0.15) is 117 Å². The number of hydrogen-bond acceptors (Lipinski definition) is 2. The Hall–Kier alpha value is -1.32. The summed E-state index contributed by atoms with van der Waals surface area (Å²) >= 11 is 0. The highest BCUT2D eigenvalue weighted by Gasteiger charge is 1.93. The molecule has 2 N–H and O–H groups in total. The predicted octanol–water partition coefficient (Wildman–Crippen LogP) is 6.98. The van der Waals surface area contributed by atoms with Gasteiger partial charge in [0.15, 0.2) is 0 Å². The van der Waals surface area contributed by atoms with E-state index in [2.05, 4.69) is 13.8 Å². The highest BCUT2D eigenvalue weighted by molar-refractivity contribution is 5.79. The lowest BCUT2D eigenvalue weighted by atomic mass is 10.1. The highest BCUT2D eigenvalue weighted by atomic mass is 16.4. The first-order valence-electron chi connectivity index (χ1n) is 10.7. The van der Waals surface area contributed by atoms with Gasteiger partial charge in [-0.1, -0.05) is 97.0 Å². The zero-order valence-corrected chi connectivity index (χ0v) is 17.2. The van der Waals surface area contributed by atoms with Gasteiger partial charge in [-0.25, -0.2) is 4.79 Å². The minimum atomic E-state index is -0.835. The van der Waals surface area contributed by atoms with Crippen LogP contribution in [-0.4, -0.2) is 22.2 Å². The average molecular weight is 371 g/mol. The molecule has 0 spiro atoms. The van der Waals surface area contributed by atoms with Crippen molar-refractivity contribution < 1.29 is 19.8 Å². The lowest BCUT2D eigenvalue weighted by Crippen LogP contribution is -1.92. The number of allylic oxidation sites excluding steroid dienone is 1. The third-order valence-electron chi connectivity index (χ3n) is 4.23. The van der Waals surface area contributed by atoms with E-state index >= 15 is 0 Å². The minimum absolute atomic E-state index is 0.327. The maximum atomic E-state index is 10.2. The molecule has 154 valence electrons. The van der Waals surface area contributed by atoms with Crippen molar-refractivity contribution >= 4 is 11.9 Å². The number of rotatable bonds is 17. The third kappa shape index (κ3) is 30.5. The molecule has 0 aromatic carbocycles. The first kappa shape index (κ1) is 26.9. The molecule has 0 fully saturated rings. The van der Waals surface area contributed by atoms with Crippen LogP contribution >= 0.6 is 0 Å². The fourth-order valence-corrected chi connectivity index (χ4v) is 2.64. The van der Waals surface area contributed by atoms with Crippen molar-refractivity contribution in [2.75, 3.05) is 0 Å². The quantitative estimate of drug-likeness (QED) is 0.214. The van der Waals surface area contributed by atoms with Crippen LogP contribution < -0.4 is 0 Å². The van der Waals surface area contributed by atoms with Crippen LogP contribution in [0.25, 0.3) is 0 Å². The largest absolute Gasteiger partial charge is 0.481 e. The van der Waals surface area contributed by atoms with Crippen LogP contribution in [0.15, 0.2) is 12.2 Å². The van der Waals surface area contributed by atoms with Crippen molar-refractivity contribution in [2.24, 2.45) is 0 Å². The Morgan fingerprint density at radius 1 is 0.654 bits per heavy atom. The summed E-state index contributed by atoms with van der Waals surface area (Å²) in [5.74, 6) is -1.52. The molecule has 0 saturated carbocycles. The molecule has 0 amide bonds. The Bertz CT molecular complexity index is 337. The van der Waals surface area contributed by atoms with Gasteiger partial charge < -0.3 is 10.2 Å². The van der Waals surface area contributed by atoms with Crippen molar-refractivity contribution in [2.45, 2.75) is 117 Å². The number of carboxylic acids is 2. The van der Waals surface area contributed by atoms with Gasteiger partial charge in [0.1, 0.15) is 0 Å². The number of unbranched alkanes of at least 4 members (excludes halogenated alkanes) is 13. The van der Waals surface area contributed by atoms with E-state index < -0.39 is 11.9 Å². The second kappa shape index (κ2) is 23.7. The van der Waals surface area contributed by atoms with Gasteiger partial charge in [-0.2, -0.15) is 0 Å². The molecule has 0 unspecified atom stereocenters. The van der Waals surface area contributed by atoms with Crippen LogP contribution in [0.2, 0.25) is 0 Å². The Morgan fingerprint density at radius 2 is 1.08 bits per heavy atom. The zero-order chi connectivity index (χ0) is 19.9. The molecule has 0 aliphatic carbocycles. The lowest BCUT2D eigenvalue weighted by Gasteiger charge is -2.01. The maximum absolute atomic E-state index is 10.2. The van der Waals surface area contributed by atoms with Gasteiger partial charge in [-0.05, 0) is 19.3 Å². The molecule has 4 nitrogen and oxygen atoms in total. The summed E-state index contributed by atoms with van der Waals surface area (Å²) < 4.78 is 0. The van der Waals surface area contributed by atoms with Crippen LogP contribution in [0.5, 0.6) is 0 Å².